The van der Waals surface area contributed by atoms with Crippen LogP contribution in [0.3, 0.4) is 0 Å². The molecule has 2 rings (SSSR count). The highest BCUT2D eigenvalue weighted by Gasteiger charge is 2.33. The fourth-order valence-electron chi connectivity index (χ4n) is 1.64. The number of benzene rings is 2. The highest BCUT2D eigenvalue weighted by Crippen LogP contribution is 2.36. The average molecular weight is 240 g/mol. The molecule has 2 aromatic carbocycles. The predicted octanol–water partition coefficient (Wildman–Crippen LogP) is 4.51. The molecule has 0 heterocycles. The van der Waals surface area contributed by atoms with Crippen molar-refractivity contribution in [2.24, 2.45) is 0 Å². The lowest BCUT2D eigenvalue weighted by molar-refractivity contribution is -0.137. The highest BCUT2D eigenvalue weighted by atomic mass is 19.4. The van der Waals surface area contributed by atoms with Crippen LogP contribution in [0, 0.1) is 5.82 Å². The third kappa shape index (κ3) is 2.46. The van der Waals surface area contributed by atoms with Crippen LogP contribution >= 0.6 is 0 Å². The minimum Gasteiger partial charge on any atom is -0.207 e. The van der Waals surface area contributed by atoms with Crippen LogP contribution in [0.15, 0.2) is 48.5 Å². The summed E-state index contributed by atoms with van der Waals surface area (Å²) in [5.41, 5.74) is -0.553. The highest BCUT2D eigenvalue weighted by molar-refractivity contribution is 5.67. The summed E-state index contributed by atoms with van der Waals surface area (Å²) in [5.74, 6) is -0.556. The summed E-state index contributed by atoms with van der Waals surface area (Å²) in [5, 5.41) is 0. The molecule has 0 N–H and O–H groups in total. The Morgan fingerprint density at radius 1 is 0.824 bits per heavy atom. The van der Waals surface area contributed by atoms with E-state index in [2.05, 4.69) is 0 Å². The normalized spacial score (nSPS) is 11.5. The molecule has 88 valence electrons. The van der Waals surface area contributed by atoms with Gasteiger partial charge in [0.2, 0.25) is 0 Å². The fourth-order valence-corrected chi connectivity index (χ4v) is 1.64. The number of alkyl halides is 3. The van der Waals surface area contributed by atoms with Crippen molar-refractivity contribution >= 4 is 0 Å². The molecule has 0 fully saturated rings. The smallest absolute Gasteiger partial charge is 0.207 e. The van der Waals surface area contributed by atoms with Crippen molar-refractivity contribution in [3.05, 3.63) is 59.9 Å². The molecule has 0 unspecified atom stereocenters. The van der Waals surface area contributed by atoms with Gasteiger partial charge in [-0.3, -0.25) is 0 Å². The van der Waals surface area contributed by atoms with Crippen LogP contribution in [0.1, 0.15) is 5.56 Å². The van der Waals surface area contributed by atoms with E-state index in [4.69, 9.17) is 0 Å². The molecule has 0 atom stereocenters. The number of hydrogen-bond donors (Lipinski definition) is 0. The Bertz CT molecular complexity index is 529. The van der Waals surface area contributed by atoms with E-state index in [1.54, 1.807) is 0 Å². The standard InChI is InChI=1S/C13H8F4/c14-10-5-3-4-9(8-10)11-6-1-2-7-12(11)13(15,16)17/h1-8H. The van der Waals surface area contributed by atoms with Gasteiger partial charge in [-0.15, -0.1) is 0 Å². The summed E-state index contributed by atoms with van der Waals surface area (Å²) in [6, 6.07) is 10.2. The van der Waals surface area contributed by atoms with E-state index in [1.807, 2.05) is 0 Å². The quantitative estimate of drug-likeness (QED) is 0.643. The predicted molar refractivity (Wildman–Crippen MR) is 56.8 cm³/mol. The van der Waals surface area contributed by atoms with Gasteiger partial charge in [0, 0.05) is 0 Å². The van der Waals surface area contributed by atoms with Gasteiger partial charge in [0.1, 0.15) is 5.82 Å². The molecule has 0 spiro atoms. The van der Waals surface area contributed by atoms with Gasteiger partial charge < -0.3 is 0 Å². The van der Waals surface area contributed by atoms with Gasteiger partial charge in [0.05, 0.1) is 5.56 Å². The van der Waals surface area contributed by atoms with E-state index in [0.717, 1.165) is 12.1 Å². The lowest BCUT2D eigenvalue weighted by Crippen LogP contribution is -2.06. The van der Waals surface area contributed by atoms with Crippen molar-refractivity contribution in [2.75, 3.05) is 0 Å². The Labute approximate surface area is 95.5 Å². The minimum atomic E-state index is -4.44. The van der Waals surface area contributed by atoms with Crippen molar-refractivity contribution in [1.82, 2.24) is 0 Å². The van der Waals surface area contributed by atoms with E-state index in [1.165, 1.54) is 36.4 Å². The SMILES string of the molecule is Fc1cccc(-c2ccccc2C(F)(F)F)c1. The molecular formula is C13H8F4. The molecule has 0 saturated carbocycles. The Hall–Kier alpha value is -1.84. The molecule has 4 heteroatoms. The van der Waals surface area contributed by atoms with Crippen LogP contribution in [-0.2, 0) is 6.18 Å². The molecule has 17 heavy (non-hydrogen) atoms. The zero-order valence-corrected chi connectivity index (χ0v) is 8.63. The first-order chi connectivity index (χ1) is 7.98. The van der Waals surface area contributed by atoms with Crippen molar-refractivity contribution in [1.29, 1.82) is 0 Å². The average Bonchev–Trinajstić information content (AvgIpc) is 2.28. The number of hydrogen-bond acceptors (Lipinski definition) is 0. The number of halogens is 4. The van der Waals surface area contributed by atoms with Gasteiger partial charge in [-0.2, -0.15) is 13.2 Å². The van der Waals surface area contributed by atoms with Crippen LogP contribution in [0.5, 0.6) is 0 Å². The first kappa shape index (κ1) is 11.6. The van der Waals surface area contributed by atoms with Gasteiger partial charge in [0.15, 0.2) is 0 Å². The molecule has 0 aliphatic heterocycles. The summed E-state index contributed by atoms with van der Waals surface area (Å²) < 4.78 is 51.2. The monoisotopic (exact) mass is 240 g/mol. The third-order valence-corrected chi connectivity index (χ3v) is 2.37. The Morgan fingerprint density at radius 2 is 1.53 bits per heavy atom. The van der Waals surface area contributed by atoms with Crippen molar-refractivity contribution < 1.29 is 17.6 Å². The van der Waals surface area contributed by atoms with Crippen LogP contribution in [0.4, 0.5) is 17.6 Å². The summed E-state index contributed by atoms with van der Waals surface area (Å²) >= 11 is 0. The second kappa shape index (κ2) is 4.20. The number of rotatable bonds is 1. The molecular weight excluding hydrogens is 232 g/mol. The maximum atomic E-state index is 13.0. The largest absolute Gasteiger partial charge is 0.417 e. The molecule has 0 aliphatic rings. The van der Waals surface area contributed by atoms with Crippen LogP contribution in [0.2, 0.25) is 0 Å². The summed E-state index contributed by atoms with van der Waals surface area (Å²) in [6.45, 7) is 0. The van der Waals surface area contributed by atoms with Crippen molar-refractivity contribution in [3.8, 4) is 11.1 Å². The zero-order valence-electron chi connectivity index (χ0n) is 8.63. The van der Waals surface area contributed by atoms with Gasteiger partial charge in [-0.05, 0) is 29.3 Å². The van der Waals surface area contributed by atoms with Crippen LogP contribution in [0.25, 0.3) is 11.1 Å². The van der Waals surface area contributed by atoms with E-state index < -0.39 is 17.6 Å². The molecule has 0 radical (unpaired) electrons. The Kier molecular flexibility index (Phi) is 2.88. The summed E-state index contributed by atoms with van der Waals surface area (Å²) in [6.07, 6.45) is -4.44. The molecule has 0 aliphatic carbocycles. The second-order valence-corrected chi connectivity index (χ2v) is 3.55. The molecule has 0 saturated heterocycles. The molecule has 0 aromatic heterocycles. The Balaban J connectivity index is 2.60. The van der Waals surface area contributed by atoms with E-state index in [0.29, 0.717) is 0 Å². The summed E-state index contributed by atoms with van der Waals surface area (Å²) in [4.78, 5) is 0. The van der Waals surface area contributed by atoms with E-state index in [-0.39, 0.29) is 11.1 Å². The first-order valence-corrected chi connectivity index (χ1v) is 4.90. The fraction of sp³-hybridized carbons (Fsp3) is 0.0769. The molecule has 2 aromatic rings. The van der Waals surface area contributed by atoms with Crippen molar-refractivity contribution in [3.63, 3.8) is 0 Å². The Morgan fingerprint density at radius 3 is 2.18 bits per heavy atom. The van der Waals surface area contributed by atoms with Gasteiger partial charge in [-0.1, -0.05) is 30.3 Å². The maximum Gasteiger partial charge on any atom is 0.417 e. The van der Waals surface area contributed by atoms with Gasteiger partial charge >= 0.3 is 6.18 Å². The molecule has 0 amide bonds. The first-order valence-electron chi connectivity index (χ1n) is 4.90. The van der Waals surface area contributed by atoms with E-state index in [9.17, 15) is 17.6 Å². The van der Waals surface area contributed by atoms with Crippen LogP contribution < -0.4 is 0 Å². The van der Waals surface area contributed by atoms with Crippen molar-refractivity contribution in [2.45, 2.75) is 6.18 Å². The third-order valence-electron chi connectivity index (χ3n) is 2.37. The summed E-state index contributed by atoms with van der Waals surface area (Å²) in [7, 11) is 0. The topological polar surface area (TPSA) is 0 Å². The second-order valence-electron chi connectivity index (χ2n) is 3.55. The zero-order chi connectivity index (χ0) is 12.5. The van der Waals surface area contributed by atoms with Gasteiger partial charge in [-0.25, -0.2) is 4.39 Å². The van der Waals surface area contributed by atoms with E-state index >= 15 is 0 Å². The van der Waals surface area contributed by atoms with Crippen LogP contribution in [-0.4, -0.2) is 0 Å². The molecule has 0 nitrogen and oxygen atoms in total. The maximum absolute atomic E-state index is 13.0. The lowest BCUT2D eigenvalue weighted by atomic mass is 9.99. The minimum absolute atomic E-state index is 0.0144. The van der Waals surface area contributed by atoms with Gasteiger partial charge in [0.25, 0.3) is 0 Å². The lowest BCUT2D eigenvalue weighted by Gasteiger charge is -2.12. The molecule has 0 bridgehead atoms.